The van der Waals surface area contributed by atoms with Gasteiger partial charge in [0, 0.05) is 12.1 Å². The van der Waals surface area contributed by atoms with Crippen LogP contribution in [-0.4, -0.2) is 34.4 Å². The average molecular weight is 359 g/mol. The number of carbonyl (C=O) groups excluding carboxylic acids is 2. The lowest BCUT2D eigenvalue weighted by Gasteiger charge is -2.16. The Labute approximate surface area is 153 Å². The summed E-state index contributed by atoms with van der Waals surface area (Å²) in [5, 5.41) is 6.85. The number of hydrogen-bond donors (Lipinski definition) is 1. The number of rotatable bonds is 7. The zero-order valence-corrected chi connectivity index (χ0v) is 15.8. The zero-order valence-electron chi connectivity index (χ0n) is 15.8. The summed E-state index contributed by atoms with van der Waals surface area (Å²) in [6.45, 7) is 9.07. The Hall–Kier alpha value is -2.83. The summed E-state index contributed by atoms with van der Waals surface area (Å²) in [6, 6.07) is 7.48. The number of aryl methyl sites for hydroxylation is 2. The number of ether oxygens (including phenoxy) is 2. The maximum Gasteiger partial charge on any atom is 0.344 e. The van der Waals surface area contributed by atoms with Crippen molar-refractivity contribution in [3.63, 3.8) is 0 Å². The van der Waals surface area contributed by atoms with Gasteiger partial charge < -0.3 is 14.8 Å². The van der Waals surface area contributed by atoms with Gasteiger partial charge in [0.05, 0.1) is 6.20 Å². The van der Waals surface area contributed by atoms with Crippen LogP contribution in [0.25, 0.3) is 0 Å². The molecule has 7 nitrogen and oxygen atoms in total. The molecule has 0 fully saturated rings. The molecular weight excluding hydrogens is 334 g/mol. The first-order valence-corrected chi connectivity index (χ1v) is 8.51. The monoisotopic (exact) mass is 359 g/mol. The van der Waals surface area contributed by atoms with Crippen LogP contribution in [0.5, 0.6) is 5.75 Å². The molecule has 1 aromatic heterocycles. The number of nitrogens with zero attached hydrogens (tertiary/aromatic N) is 2. The highest BCUT2D eigenvalue weighted by molar-refractivity contribution is 5.94. The molecule has 0 bridgehead atoms. The molecule has 140 valence electrons. The van der Waals surface area contributed by atoms with Crippen LogP contribution in [-0.2, 0) is 14.3 Å². The minimum atomic E-state index is -0.944. The third-order valence-electron chi connectivity index (χ3n) is 3.64. The van der Waals surface area contributed by atoms with Crippen LogP contribution in [0.4, 0.5) is 5.82 Å². The van der Waals surface area contributed by atoms with E-state index in [9.17, 15) is 9.59 Å². The first kappa shape index (κ1) is 19.5. The van der Waals surface area contributed by atoms with E-state index < -0.39 is 18.0 Å². The smallest absolute Gasteiger partial charge is 0.344 e. The quantitative estimate of drug-likeness (QED) is 0.769. The van der Waals surface area contributed by atoms with E-state index in [1.54, 1.807) is 16.9 Å². The minimum Gasteiger partial charge on any atom is -0.482 e. The molecule has 1 heterocycles. The summed E-state index contributed by atoms with van der Waals surface area (Å²) in [5.41, 5.74) is 2.09. The molecular formula is C19H25N3O4. The fraction of sp³-hybridized carbons (Fsp3) is 0.421. The topological polar surface area (TPSA) is 82.4 Å². The van der Waals surface area contributed by atoms with Gasteiger partial charge in [-0.2, -0.15) is 5.10 Å². The van der Waals surface area contributed by atoms with Gasteiger partial charge in [-0.15, -0.1) is 0 Å². The van der Waals surface area contributed by atoms with Crippen LogP contribution in [0.1, 0.15) is 37.9 Å². The van der Waals surface area contributed by atoms with Crippen molar-refractivity contribution in [2.45, 2.75) is 46.8 Å². The molecule has 1 amide bonds. The number of amides is 1. The van der Waals surface area contributed by atoms with Gasteiger partial charge in [-0.3, -0.25) is 4.79 Å². The normalized spacial score (nSPS) is 11.9. The largest absolute Gasteiger partial charge is 0.482 e. The van der Waals surface area contributed by atoms with Crippen molar-refractivity contribution >= 4 is 17.7 Å². The molecule has 1 aromatic carbocycles. The summed E-state index contributed by atoms with van der Waals surface area (Å²) < 4.78 is 12.3. The Bertz CT molecular complexity index is 763. The number of nitrogens with one attached hydrogen (secondary N) is 1. The van der Waals surface area contributed by atoms with E-state index >= 15 is 0 Å². The molecule has 0 aliphatic carbocycles. The molecule has 26 heavy (non-hydrogen) atoms. The Morgan fingerprint density at radius 1 is 1.15 bits per heavy atom. The Morgan fingerprint density at radius 3 is 2.42 bits per heavy atom. The molecule has 0 spiro atoms. The van der Waals surface area contributed by atoms with Gasteiger partial charge in [-0.05, 0) is 57.9 Å². The maximum absolute atomic E-state index is 12.2. The third kappa shape index (κ3) is 5.34. The van der Waals surface area contributed by atoms with Crippen molar-refractivity contribution in [3.05, 3.63) is 41.6 Å². The fourth-order valence-electron chi connectivity index (χ4n) is 2.50. The fourth-order valence-corrected chi connectivity index (χ4v) is 2.50. The molecule has 0 aliphatic heterocycles. The van der Waals surface area contributed by atoms with E-state index in [2.05, 4.69) is 10.4 Å². The number of aromatic nitrogens is 2. The predicted octanol–water partition coefficient (Wildman–Crippen LogP) is 3.03. The highest BCUT2D eigenvalue weighted by atomic mass is 16.6. The standard InChI is InChI=1S/C19H25N3O4/c1-12(2)22-17(6-7-20-22)21-19(24)15(5)26-18(23)11-25-16-9-13(3)8-14(4)10-16/h6-10,12,15H,11H2,1-5H3,(H,21,24)/t15-/m0/s1. The summed E-state index contributed by atoms with van der Waals surface area (Å²) >= 11 is 0. The van der Waals surface area contributed by atoms with Crippen molar-refractivity contribution in [1.82, 2.24) is 9.78 Å². The van der Waals surface area contributed by atoms with E-state index in [1.165, 1.54) is 6.92 Å². The Kier molecular flexibility index (Phi) is 6.38. The second-order valence-electron chi connectivity index (χ2n) is 6.49. The molecule has 2 rings (SSSR count). The van der Waals surface area contributed by atoms with Gasteiger partial charge >= 0.3 is 5.97 Å². The number of benzene rings is 1. The Morgan fingerprint density at radius 2 is 1.81 bits per heavy atom. The number of carbonyl (C=O) groups is 2. The SMILES string of the molecule is Cc1cc(C)cc(OCC(=O)O[C@@H](C)C(=O)Nc2ccnn2C(C)C)c1. The van der Waals surface area contributed by atoms with E-state index in [4.69, 9.17) is 9.47 Å². The highest BCUT2D eigenvalue weighted by Crippen LogP contribution is 2.16. The van der Waals surface area contributed by atoms with Crippen LogP contribution in [0.3, 0.4) is 0 Å². The first-order valence-electron chi connectivity index (χ1n) is 8.51. The molecule has 0 saturated carbocycles. The summed E-state index contributed by atoms with van der Waals surface area (Å²) in [7, 11) is 0. The van der Waals surface area contributed by atoms with Gasteiger partial charge in [0.2, 0.25) is 0 Å². The lowest BCUT2D eigenvalue weighted by Crippen LogP contribution is -2.32. The van der Waals surface area contributed by atoms with E-state index in [1.807, 2.05) is 45.9 Å². The van der Waals surface area contributed by atoms with Crippen molar-refractivity contribution in [3.8, 4) is 5.75 Å². The molecule has 0 unspecified atom stereocenters. The number of esters is 1. The van der Waals surface area contributed by atoms with E-state index in [0.29, 0.717) is 11.6 Å². The van der Waals surface area contributed by atoms with Gasteiger partial charge in [-0.1, -0.05) is 6.07 Å². The lowest BCUT2D eigenvalue weighted by atomic mass is 10.1. The third-order valence-corrected chi connectivity index (χ3v) is 3.64. The van der Waals surface area contributed by atoms with Crippen molar-refractivity contribution in [1.29, 1.82) is 0 Å². The number of hydrogen-bond acceptors (Lipinski definition) is 5. The molecule has 0 saturated heterocycles. The van der Waals surface area contributed by atoms with Crippen LogP contribution >= 0.6 is 0 Å². The minimum absolute atomic E-state index is 0.101. The van der Waals surface area contributed by atoms with E-state index in [0.717, 1.165) is 11.1 Å². The lowest BCUT2D eigenvalue weighted by molar-refractivity contribution is -0.155. The number of anilines is 1. The van der Waals surface area contributed by atoms with Gasteiger partial charge in [0.15, 0.2) is 12.7 Å². The molecule has 7 heteroatoms. The average Bonchev–Trinajstić information content (AvgIpc) is 3.00. The molecule has 1 N–H and O–H groups in total. The van der Waals surface area contributed by atoms with Gasteiger partial charge in [0.1, 0.15) is 11.6 Å². The highest BCUT2D eigenvalue weighted by Gasteiger charge is 2.20. The first-order chi connectivity index (χ1) is 12.3. The van der Waals surface area contributed by atoms with Gasteiger partial charge in [0.25, 0.3) is 5.91 Å². The van der Waals surface area contributed by atoms with Gasteiger partial charge in [-0.25, -0.2) is 9.48 Å². The molecule has 0 radical (unpaired) electrons. The molecule has 2 aromatic rings. The zero-order chi connectivity index (χ0) is 19.3. The second kappa shape index (κ2) is 8.51. The van der Waals surface area contributed by atoms with E-state index in [-0.39, 0.29) is 12.6 Å². The van der Waals surface area contributed by atoms with Crippen LogP contribution in [0, 0.1) is 13.8 Å². The maximum atomic E-state index is 12.2. The summed E-state index contributed by atoms with van der Waals surface area (Å²) in [6.07, 6.45) is 0.658. The second-order valence-corrected chi connectivity index (χ2v) is 6.49. The molecule has 1 atom stereocenters. The van der Waals surface area contributed by atoms with Crippen molar-refractivity contribution < 1.29 is 19.1 Å². The van der Waals surface area contributed by atoms with Crippen LogP contribution in [0.15, 0.2) is 30.5 Å². The Balaban J connectivity index is 1.85. The summed E-state index contributed by atoms with van der Waals surface area (Å²) in [5.74, 6) is 0.119. The molecule has 0 aliphatic rings. The predicted molar refractivity (Wildman–Crippen MR) is 98.2 cm³/mol. The van der Waals surface area contributed by atoms with Crippen molar-refractivity contribution in [2.24, 2.45) is 0 Å². The van der Waals surface area contributed by atoms with Crippen LogP contribution in [0.2, 0.25) is 0 Å². The van der Waals surface area contributed by atoms with Crippen LogP contribution < -0.4 is 10.1 Å². The summed E-state index contributed by atoms with van der Waals surface area (Å²) in [4.78, 5) is 24.1. The van der Waals surface area contributed by atoms with Crippen molar-refractivity contribution in [2.75, 3.05) is 11.9 Å².